The molecule has 0 unspecified atom stereocenters. The number of hydrogen-bond donors (Lipinski definition) is 3. The van der Waals surface area contributed by atoms with E-state index in [9.17, 15) is 4.79 Å². The maximum Gasteiger partial charge on any atom is 0.226 e. The molecule has 200 valence electrons. The Morgan fingerprint density at radius 2 is 2.03 bits per heavy atom. The summed E-state index contributed by atoms with van der Waals surface area (Å²) < 4.78 is 11.8. The molecule has 4 aromatic rings. The normalized spacial score (nSPS) is 13.2. The Bertz CT molecular complexity index is 1400. The minimum atomic E-state index is 0.00325. The van der Waals surface area contributed by atoms with Crippen molar-refractivity contribution in [3.8, 4) is 27.6 Å². The van der Waals surface area contributed by atoms with Gasteiger partial charge in [0.25, 0.3) is 0 Å². The number of methoxy groups -OCH3 is 1. The van der Waals surface area contributed by atoms with Crippen molar-refractivity contribution < 1.29 is 14.3 Å². The first-order chi connectivity index (χ1) is 18.5. The highest BCUT2D eigenvalue weighted by Gasteiger charge is 2.25. The predicted molar refractivity (Wildman–Crippen MR) is 155 cm³/mol. The smallest absolute Gasteiger partial charge is 0.226 e. The molecule has 3 N–H and O–H groups in total. The molecule has 3 aromatic heterocycles. The zero-order chi connectivity index (χ0) is 26.5. The van der Waals surface area contributed by atoms with Gasteiger partial charge in [0.15, 0.2) is 0 Å². The van der Waals surface area contributed by atoms with Crippen LogP contribution >= 0.6 is 22.7 Å². The van der Waals surface area contributed by atoms with Gasteiger partial charge in [-0.05, 0) is 56.1 Å². The number of nitrogens with one attached hydrogen (secondary N) is 3. The van der Waals surface area contributed by atoms with Gasteiger partial charge in [-0.1, -0.05) is 6.07 Å². The summed E-state index contributed by atoms with van der Waals surface area (Å²) in [5, 5.41) is 11.7. The number of rotatable bonds is 11. The quantitative estimate of drug-likeness (QED) is 0.224. The van der Waals surface area contributed by atoms with Crippen molar-refractivity contribution in [3.05, 3.63) is 47.0 Å². The third-order valence-corrected chi connectivity index (χ3v) is 8.42. The summed E-state index contributed by atoms with van der Waals surface area (Å²) >= 11 is 3.33. The Labute approximate surface area is 230 Å². The SMILES string of the molecule is COCCNCCC(=O)Nc1sc2c(c1-c1nc3cc(-c4ccc(OC(C)C)nc4)ccc3s1)CCNC2. The lowest BCUT2D eigenvalue weighted by molar-refractivity contribution is -0.116. The largest absolute Gasteiger partial charge is 0.475 e. The molecule has 1 aromatic carbocycles. The molecule has 1 aliphatic heterocycles. The van der Waals surface area contributed by atoms with E-state index in [0.29, 0.717) is 25.5 Å². The van der Waals surface area contributed by atoms with Gasteiger partial charge >= 0.3 is 0 Å². The Morgan fingerprint density at radius 1 is 1.16 bits per heavy atom. The van der Waals surface area contributed by atoms with Crippen LogP contribution in [0.1, 0.15) is 30.7 Å². The van der Waals surface area contributed by atoms with Crippen LogP contribution in [0, 0.1) is 0 Å². The fourth-order valence-corrected chi connectivity index (χ4v) is 6.74. The molecular formula is C28H33N5O3S2. The van der Waals surface area contributed by atoms with Gasteiger partial charge in [-0.3, -0.25) is 4.79 Å². The molecule has 0 spiro atoms. The second-order valence-corrected chi connectivity index (χ2v) is 11.6. The zero-order valence-corrected chi connectivity index (χ0v) is 23.6. The minimum absolute atomic E-state index is 0.00325. The molecule has 10 heteroatoms. The van der Waals surface area contributed by atoms with E-state index in [4.69, 9.17) is 14.5 Å². The van der Waals surface area contributed by atoms with Crippen LogP contribution in [0.5, 0.6) is 5.88 Å². The summed E-state index contributed by atoms with van der Waals surface area (Å²) in [7, 11) is 1.67. The molecule has 0 atom stereocenters. The van der Waals surface area contributed by atoms with E-state index < -0.39 is 0 Å². The average molecular weight is 552 g/mol. The van der Waals surface area contributed by atoms with Gasteiger partial charge in [-0.25, -0.2) is 9.97 Å². The fourth-order valence-electron chi connectivity index (χ4n) is 4.42. The molecule has 1 aliphatic rings. The van der Waals surface area contributed by atoms with Gasteiger partial charge < -0.3 is 25.4 Å². The first-order valence-corrected chi connectivity index (χ1v) is 14.5. The van der Waals surface area contributed by atoms with E-state index in [1.165, 1.54) is 10.4 Å². The number of thiophene rings is 1. The third kappa shape index (κ3) is 6.22. The molecule has 0 radical (unpaired) electrons. The topological polar surface area (TPSA) is 97.4 Å². The van der Waals surface area contributed by atoms with E-state index >= 15 is 0 Å². The summed E-state index contributed by atoms with van der Waals surface area (Å²) in [4.78, 5) is 23.5. The molecule has 5 rings (SSSR count). The van der Waals surface area contributed by atoms with Gasteiger partial charge in [0, 0.05) is 61.4 Å². The number of fused-ring (bicyclic) bond motifs is 2. The lowest BCUT2D eigenvalue weighted by atomic mass is 10.0. The molecular weight excluding hydrogens is 518 g/mol. The number of carbonyl (C=O) groups is 1. The monoisotopic (exact) mass is 551 g/mol. The summed E-state index contributed by atoms with van der Waals surface area (Å²) in [5.41, 5.74) is 5.39. The summed E-state index contributed by atoms with van der Waals surface area (Å²) in [6, 6.07) is 10.3. The summed E-state index contributed by atoms with van der Waals surface area (Å²) in [6.07, 6.45) is 3.26. The van der Waals surface area contributed by atoms with Crippen LogP contribution < -0.4 is 20.7 Å². The van der Waals surface area contributed by atoms with E-state index in [0.717, 1.165) is 63.0 Å². The molecule has 4 heterocycles. The van der Waals surface area contributed by atoms with E-state index in [1.807, 2.05) is 32.2 Å². The Kier molecular flexibility index (Phi) is 8.65. The van der Waals surface area contributed by atoms with Crippen LogP contribution in [0.4, 0.5) is 5.00 Å². The number of nitrogens with zero attached hydrogens (tertiary/aromatic N) is 2. The fraction of sp³-hybridized carbons (Fsp3) is 0.393. The van der Waals surface area contributed by atoms with Crippen molar-refractivity contribution in [1.29, 1.82) is 0 Å². The highest BCUT2D eigenvalue weighted by Crippen LogP contribution is 2.45. The minimum Gasteiger partial charge on any atom is -0.475 e. The second kappa shape index (κ2) is 12.3. The van der Waals surface area contributed by atoms with Crippen molar-refractivity contribution in [3.63, 3.8) is 0 Å². The maximum absolute atomic E-state index is 12.8. The van der Waals surface area contributed by atoms with Crippen LogP contribution in [-0.4, -0.2) is 55.3 Å². The molecule has 0 aliphatic carbocycles. The maximum atomic E-state index is 12.8. The Hall–Kier alpha value is -2.89. The van der Waals surface area contributed by atoms with Crippen LogP contribution in [0.25, 0.3) is 31.9 Å². The first kappa shape index (κ1) is 26.7. The lowest BCUT2D eigenvalue weighted by Gasteiger charge is -2.13. The lowest BCUT2D eigenvalue weighted by Crippen LogP contribution is -2.24. The third-order valence-electron chi connectivity index (χ3n) is 6.22. The van der Waals surface area contributed by atoms with E-state index in [1.54, 1.807) is 29.8 Å². The van der Waals surface area contributed by atoms with Gasteiger partial charge in [-0.15, -0.1) is 22.7 Å². The van der Waals surface area contributed by atoms with Gasteiger partial charge in [0.05, 0.1) is 22.9 Å². The number of anilines is 1. The van der Waals surface area contributed by atoms with Gasteiger partial charge in [0.2, 0.25) is 11.8 Å². The summed E-state index contributed by atoms with van der Waals surface area (Å²) in [6.45, 7) is 7.69. The zero-order valence-electron chi connectivity index (χ0n) is 21.9. The Balaban J connectivity index is 1.40. The van der Waals surface area contributed by atoms with E-state index in [2.05, 4.69) is 39.1 Å². The first-order valence-electron chi connectivity index (χ1n) is 12.9. The predicted octanol–water partition coefficient (Wildman–Crippen LogP) is 5.08. The number of amides is 1. The number of benzene rings is 1. The molecule has 8 nitrogen and oxygen atoms in total. The van der Waals surface area contributed by atoms with Gasteiger partial charge in [-0.2, -0.15) is 0 Å². The van der Waals surface area contributed by atoms with Crippen molar-refractivity contribution in [1.82, 2.24) is 20.6 Å². The molecule has 0 fully saturated rings. The number of pyridine rings is 1. The molecule has 0 saturated carbocycles. The van der Waals surface area contributed by atoms with Crippen LogP contribution in [0.3, 0.4) is 0 Å². The van der Waals surface area contributed by atoms with Crippen molar-refractivity contribution in [2.75, 3.05) is 38.7 Å². The Morgan fingerprint density at radius 3 is 2.82 bits per heavy atom. The number of hydrogen-bond acceptors (Lipinski definition) is 9. The number of thiazole rings is 1. The van der Waals surface area contributed by atoms with Crippen molar-refractivity contribution >= 4 is 43.8 Å². The van der Waals surface area contributed by atoms with Crippen LogP contribution in [0.2, 0.25) is 0 Å². The van der Waals surface area contributed by atoms with Crippen LogP contribution in [-0.2, 0) is 22.5 Å². The molecule has 0 saturated heterocycles. The number of ether oxygens (including phenoxy) is 2. The number of carbonyl (C=O) groups excluding carboxylic acids is 1. The summed E-state index contributed by atoms with van der Waals surface area (Å²) in [5.74, 6) is 0.626. The highest BCUT2D eigenvalue weighted by molar-refractivity contribution is 7.23. The highest BCUT2D eigenvalue weighted by atomic mass is 32.1. The number of aromatic nitrogens is 2. The molecule has 1 amide bonds. The standard InChI is InChI=1S/C28H33N5O3S2/c1-17(2)36-25-7-5-19(15-31-25)18-4-6-22-21(14-18)32-27(37-22)26-20-8-10-30-16-23(20)38-28(26)33-24(34)9-11-29-12-13-35-3/h4-7,14-15,17,29-30H,8-13,16H2,1-3H3,(H,33,34). The van der Waals surface area contributed by atoms with E-state index in [-0.39, 0.29) is 12.0 Å². The van der Waals surface area contributed by atoms with Crippen LogP contribution in [0.15, 0.2) is 36.5 Å². The molecule has 38 heavy (non-hydrogen) atoms. The van der Waals surface area contributed by atoms with Crippen molar-refractivity contribution in [2.24, 2.45) is 0 Å². The molecule has 0 bridgehead atoms. The average Bonchev–Trinajstić information content (AvgIpc) is 3.48. The van der Waals surface area contributed by atoms with Gasteiger partial charge in [0.1, 0.15) is 10.0 Å². The van der Waals surface area contributed by atoms with Crippen molar-refractivity contribution in [2.45, 2.75) is 39.3 Å². The second-order valence-electron chi connectivity index (χ2n) is 9.43.